The van der Waals surface area contributed by atoms with Gasteiger partial charge in [-0.2, -0.15) is 0 Å². The number of nitrogens with zero attached hydrogens (tertiary/aromatic N) is 3. The lowest BCUT2D eigenvalue weighted by Gasteiger charge is -2.18. The first kappa shape index (κ1) is 20.9. The molecule has 3 N–H and O–H groups in total. The number of aryl methyl sites for hydroxylation is 1. The summed E-state index contributed by atoms with van der Waals surface area (Å²) in [5.74, 6) is 1.10. The highest BCUT2D eigenvalue weighted by Crippen LogP contribution is 2.39. The van der Waals surface area contributed by atoms with Crippen LogP contribution in [0.5, 0.6) is 0 Å². The molecule has 2 heterocycles. The summed E-state index contributed by atoms with van der Waals surface area (Å²) in [5, 5.41) is 12.7. The van der Waals surface area contributed by atoms with Crippen molar-refractivity contribution in [2.45, 2.75) is 64.6 Å². The predicted octanol–water partition coefficient (Wildman–Crippen LogP) is 3.27. The van der Waals surface area contributed by atoms with E-state index in [1.54, 1.807) is 0 Å². The number of carbonyl (C=O) groups is 2. The Balaban J connectivity index is 1.71. The summed E-state index contributed by atoms with van der Waals surface area (Å²) in [6.45, 7) is 7.19. The number of primary amides is 1. The lowest BCUT2D eigenvalue weighted by Crippen LogP contribution is -2.20. The van der Waals surface area contributed by atoms with Crippen molar-refractivity contribution in [1.29, 1.82) is 0 Å². The summed E-state index contributed by atoms with van der Waals surface area (Å²) in [6, 6.07) is 0. The minimum atomic E-state index is -0.467. The maximum Gasteiger partial charge on any atom is 0.251 e. The smallest absolute Gasteiger partial charge is 0.251 e. The first-order chi connectivity index (χ1) is 13.4. The van der Waals surface area contributed by atoms with E-state index in [0.717, 1.165) is 55.2 Å². The number of rotatable bonds is 8. The molecule has 0 bridgehead atoms. The summed E-state index contributed by atoms with van der Waals surface area (Å²) < 4.78 is 2.07. The molecule has 0 spiro atoms. The van der Waals surface area contributed by atoms with E-state index >= 15 is 0 Å². The molecule has 0 saturated heterocycles. The molecule has 0 saturated carbocycles. The van der Waals surface area contributed by atoms with Crippen LogP contribution in [0.25, 0.3) is 0 Å². The molecule has 1 aliphatic rings. The van der Waals surface area contributed by atoms with E-state index in [1.165, 1.54) is 28.0 Å². The van der Waals surface area contributed by atoms with Crippen molar-refractivity contribution < 1.29 is 9.59 Å². The Hall–Kier alpha value is -1.87. The Morgan fingerprint density at radius 1 is 1.36 bits per heavy atom. The molecule has 2 aromatic rings. The minimum Gasteiger partial charge on any atom is -0.365 e. The quantitative estimate of drug-likeness (QED) is 0.637. The third-order valence-electron chi connectivity index (χ3n) is 4.90. The summed E-state index contributed by atoms with van der Waals surface area (Å²) in [4.78, 5) is 25.7. The second-order valence-electron chi connectivity index (χ2n) is 7.16. The van der Waals surface area contributed by atoms with Gasteiger partial charge >= 0.3 is 0 Å². The van der Waals surface area contributed by atoms with Gasteiger partial charge in [0.2, 0.25) is 5.91 Å². The number of hydrogen-bond acceptors (Lipinski definition) is 6. The fraction of sp³-hybridized carbons (Fsp3) is 0.579. The van der Waals surface area contributed by atoms with Gasteiger partial charge in [-0.15, -0.1) is 21.5 Å². The third-order valence-corrected chi connectivity index (χ3v) is 7.04. The molecule has 0 radical (unpaired) electrons. The van der Waals surface area contributed by atoms with Crippen LogP contribution in [0.2, 0.25) is 0 Å². The van der Waals surface area contributed by atoms with Crippen LogP contribution in [-0.2, 0) is 30.6 Å². The largest absolute Gasteiger partial charge is 0.365 e. The molecule has 0 aromatic carbocycles. The first-order valence-corrected chi connectivity index (χ1v) is 11.5. The van der Waals surface area contributed by atoms with E-state index in [0.29, 0.717) is 16.5 Å². The molecular formula is C19H27N5O2S2. The van der Waals surface area contributed by atoms with Crippen LogP contribution in [0, 0.1) is 5.92 Å². The van der Waals surface area contributed by atoms with Crippen LogP contribution in [-0.4, -0.2) is 32.3 Å². The van der Waals surface area contributed by atoms with Crippen LogP contribution in [0.4, 0.5) is 5.00 Å². The van der Waals surface area contributed by atoms with Crippen LogP contribution in [0.3, 0.4) is 0 Å². The van der Waals surface area contributed by atoms with Gasteiger partial charge in [-0.25, -0.2) is 0 Å². The van der Waals surface area contributed by atoms with Crippen LogP contribution in [0.1, 0.15) is 60.2 Å². The molecule has 1 unspecified atom stereocenters. The lowest BCUT2D eigenvalue weighted by molar-refractivity contribution is -0.113. The molecule has 28 heavy (non-hydrogen) atoms. The van der Waals surface area contributed by atoms with Crippen molar-refractivity contribution in [3.63, 3.8) is 0 Å². The molecule has 3 rings (SSSR count). The maximum atomic E-state index is 12.5. The Kier molecular flexibility index (Phi) is 6.77. The highest BCUT2D eigenvalue weighted by Gasteiger charge is 2.27. The number of aromatic nitrogens is 3. The molecule has 1 aliphatic carbocycles. The number of nitrogens with one attached hydrogen (secondary N) is 1. The number of nitrogens with two attached hydrogens (primary N) is 1. The fourth-order valence-corrected chi connectivity index (χ4v) is 5.74. The third kappa shape index (κ3) is 4.41. The van der Waals surface area contributed by atoms with Crippen molar-refractivity contribution in [3.8, 4) is 0 Å². The van der Waals surface area contributed by atoms with E-state index in [9.17, 15) is 9.59 Å². The van der Waals surface area contributed by atoms with E-state index in [1.807, 2.05) is 6.92 Å². The number of anilines is 1. The van der Waals surface area contributed by atoms with Gasteiger partial charge in [0.25, 0.3) is 5.91 Å². The zero-order valence-electron chi connectivity index (χ0n) is 16.6. The molecule has 2 amide bonds. The van der Waals surface area contributed by atoms with Gasteiger partial charge in [0, 0.05) is 17.8 Å². The highest BCUT2D eigenvalue weighted by atomic mass is 32.2. The number of thiophene rings is 1. The zero-order chi connectivity index (χ0) is 20.3. The molecule has 7 nitrogen and oxygen atoms in total. The molecule has 9 heteroatoms. The van der Waals surface area contributed by atoms with E-state index < -0.39 is 5.91 Å². The van der Waals surface area contributed by atoms with Gasteiger partial charge in [-0.3, -0.25) is 9.59 Å². The van der Waals surface area contributed by atoms with Crippen LogP contribution in [0.15, 0.2) is 5.16 Å². The molecule has 2 aromatic heterocycles. The van der Waals surface area contributed by atoms with Gasteiger partial charge in [0.1, 0.15) is 10.8 Å². The van der Waals surface area contributed by atoms with E-state index in [2.05, 4.69) is 33.9 Å². The number of carbonyl (C=O) groups excluding carboxylic acids is 2. The summed E-state index contributed by atoms with van der Waals surface area (Å²) in [7, 11) is 0. The predicted molar refractivity (Wildman–Crippen MR) is 113 cm³/mol. The SMILES string of the molecule is CCCn1c(CC)nnc1SCC(=O)Nc1sc2c(c1C(N)=O)CCC(C)C2. The first-order valence-electron chi connectivity index (χ1n) is 9.73. The van der Waals surface area contributed by atoms with Crippen molar-refractivity contribution in [1.82, 2.24) is 14.8 Å². The van der Waals surface area contributed by atoms with Crippen molar-refractivity contribution in [2.75, 3.05) is 11.1 Å². The van der Waals surface area contributed by atoms with Crippen LogP contribution >= 0.6 is 23.1 Å². The number of thioether (sulfide) groups is 1. The molecule has 0 fully saturated rings. The second-order valence-corrected chi connectivity index (χ2v) is 9.21. The van der Waals surface area contributed by atoms with Crippen LogP contribution < -0.4 is 11.1 Å². The Morgan fingerprint density at radius 3 is 2.82 bits per heavy atom. The number of amides is 2. The number of fused-ring (bicyclic) bond motifs is 1. The Labute approximate surface area is 173 Å². The summed E-state index contributed by atoms with van der Waals surface area (Å²) in [6.07, 6.45) is 4.60. The average Bonchev–Trinajstić information content (AvgIpc) is 3.20. The molecule has 1 atom stereocenters. The molecular weight excluding hydrogens is 394 g/mol. The minimum absolute atomic E-state index is 0.164. The molecule has 0 aliphatic heterocycles. The standard InChI is InChI=1S/C19H27N5O2S2/c1-4-8-24-14(5-2)22-23-19(24)27-10-15(25)21-18-16(17(20)26)12-7-6-11(3)9-13(12)28-18/h11H,4-10H2,1-3H3,(H2,20,26)(H,21,25). The van der Waals surface area contributed by atoms with Gasteiger partial charge in [0.05, 0.1) is 11.3 Å². The Bertz CT molecular complexity index is 874. The fourth-order valence-electron chi connectivity index (χ4n) is 3.53. The molecule has 152 valence electrons. The lowest BCUT2D eigenvalue weighted by atomic mass is 9.88. The van der Waals surface area contributed by atoms with Crippen molar-refractivity contribution >= 4 is 39.9 Å². The van der Waals surface area contributed by atoms with Gasteiger partial charge in [-0.1, -0.05) is 32.5 Å². The second kappa shape index (κ2) is 9.09. The zero-order valence-corrected chi connectivity index (χ0v) is 18.2. The van der Waals surface area contributed by atoms with E-state index in [4.69, 9.17) is 5.73 Å². The van der Waals surface area contributed by atoms with Crippen molar-refractivity contribution in [3.05, 3.63) is 21.8 Å². The van der Waals surface area contributed by atoms with Crippen molar-refractivity contribution in [2.24, 2.45) is 11.7 Å². The normalized spacial score (nSPS) is 16.0. The van der Waals surface area contributed by atoms with Gasteiger partial charge in [-0.05, 0) is 37.2 Å². The summed E-state index contributed by atoms with van der Waals surface area (Å²) in [5.41, 5.74) is 7.13. The monoisotopic (exact) mass is 421 g/mol. The van der Waals surface area contributed by atoms with Gasteiger partial charge < -0.3 is 15.6 Å². The summed E-state index contributed by atoms with van der Waals surface area (Å²) >= 11 is 2.85. The van der Waals surface area contributed by atoms with Gasteiger partial charge in [0.15, 0.2) is 5.16 Å². The highest BCUT2D eigenvalue weighted by molar-refractivity contribution is 7.99. The van der Waals surface area contributed by atoms with E-state index in [-0.39, 0.29) is 11.7 Å². The topological polar surface area (TPSA) is 103 Å². The average molecular weight is 422 g/mol. The maximum absolute atomic E-state index is 12.5. The Morgan fingerprint density at radius 2 is 2.14 bits per heavy atom. The number of hydrogen-bond donors (Lipinski definition) is 2.